The van der Waals surface area contributed by atoms with Gasteiger partial charge in [0.15, 0.2) is 0 Å². The van der Waals surface area contributed by atoms with Crippen LogP contribution in [0.15, 0.2) is 42.5 Å². The summed E-state index contributed by atoms with van der Waals surface area (Å²) >= 11 is 0. The minimum atomic E-state index is -0.231. The number of halogens is 1. The molecule has 1 unspecified atom stereocenters. The molecule has 4 heteroatoms. The largest absolute Gasteiger partial charge is 0.377 e. The molecule has 1 heterocycles. The van der Waals surface area contributed by atoms with Gasteiger partial charge in [-0.3, -0.25) is 0 Å². The van der Waals surface area contributed by atoms with Crippen molar-refractivity contribution in [3.05, 3.63) is 59.4 Å². The van der Waals surface area contributed by atoms with Gasteiger partial charge in [0, 0.05) is 31.5 Å². The Labute approximate surface area is 124 Å². The summed E-state index contributed by atoms with van der Waals surface area (Å²) in [4.78, 5) is 2.27. The minimum absolute atomic E-state index is 0.0340. The standard InChI is InChI=1S/C17H20FN3/c1-21-9-8-13-10-12(2-7-17(13)21)16(11-19)20-15-5-3-14(18)4-6-15/h2-7,10,16,20H,8-9,11,19H2,1H3. The summed E-state index contributed by atoms with van der Waals surface area (Å²) in [5.41, 5.74) is 10.6. The van der Waals surface area contributed by atoms with E-state index >= 15 is 0 Å². The highest BCUT2D eigenvalue weighted by Gasteiger charge is 2.18. The maximum atomic E-state index is 13.0. The molecule has 110 valence electrons. The van der Waals surface area contributed by atoms with Crippen LogP contribution in [0.1, 0.15) is 17.2 Å². The van der Waals surface area contributed by atoms with Crippen molar-refractivity contribution in [2.75, 3.05) is 30.4 Å². The molecular weight excluding hydrogens is 265 g/mol. The summed E-state index contributed by atoms with van der Waals surface area (Å²) in [6.45, 7) is 1.56. The molecule has 0 saturated carbocycles. The lowest BCUT2D eigenvalue weighted by molar-refractivity contribution is 0.628. The smallest absolute Gasteiger partial charge is 0.123 e. The predicted molar refractivity (Wildman–Crippen MR) is 85.2 cm³/mol. The molecule has 1 aliphatic rings. The zero-order valence-corrected chi connectivity index (χ0v) is 12.1. The second kappa shape index (κ2) is 5.74. The zero-order chi connectivity index (χ0) is 14.8. The van der Waals surface area contributed by atoms with Gasteiger partial charge in [-0.05, 0) is 47.9 Å². The number of nitrogens with one attached hydrogen (secondary N) is 1. The molecule has 0 aliphatic carbocycles. The zero-order valence-electron chi connectivity index (χ0n) is 12.1. The fourth-order valence-electron chi connectivity index (χ4n) is 2.83. The third kappa shape index (κ3) is 2.85. The van der Waals surface area contributed by atoms with Gasteiger partial charge in [-0.25, -0.2) is 4.39 Å². The third-order valence-electron chi connectivity index (χ3n) is 4.05. The number of benzene rings is 2. The highest BCUT2D eigenvalue weighted by molar-refractivity contribution is 5.59. The lowest BCUT2D eigenvalue weighted by atomic mass is 10.0. The van der Waals surface area contributed by atoms with Crippen LogP contribution >= 0.6 is 0 Å². The van der Waals surface area contributed by atoms with Gasteiger partial charge in [-0.2, -0.15) is 0 Å². The number of hydrogen-bond acceptors (Lipinski definition) is 3. The second-order valence-electron chi connectivity index (χ2n) is 5.50. The number of hydrogen-bond donors (Lipinski definition) is 2. The maximum absolute atomic E-state index is 13.0. The van der Waals surface area contributed by atoms with Gasteiger partial charge in [0.05, 0.1) is 6.04 Å². The predicted octanol–water partition coefficient (Wildman–Crippen LogP) is 2.93. The Morgan fingerprint density at radius 2 is 2.00 bits per heavy atom. The number of anilines is 2. The Hall–Kier alpha value is -2.07. The van der Waals surface area contributed by atoms with Crippen LogP contribution in [-0.4, -0.2) is 20.1 Å². The van der Waals surface area contributed by atoms with Crippen molar-refractivity contribution in [3.8, 4) is 0 Å². The molecule has 2 aromatic carbocycles. The van der Waals surface area contributed by atoms with E-state index in [0.29, 0.717) is 6.54 Å². The molecule has 0 aromatic heterocycles. The Bertz CT molecular complexity index is 624. The Morgan fingerprint density at radius 1 is 1.24 bits per heavy atom. The summed E-state index contributed by atoms with van der Waals surface area (Å²) in [5, 5.41) is 3.37. The van der Waals surface area contributed by atoms with Gasteiger partial charge in [-0.1, -0.05) is 12.1 Å². The van der Waals surface area contributed by atoms with E-state index in [1.54, 1.807) is 12.1 Å². The van der Waals surface area contributed by atoms with Gasteiger partial charge >= 0.3 is 0 Å². The van der Waals surface area contributed by atoms with E-state index in [1.807, 2.05) is 0 Å². The molecule has 0 saturated heterocycles. The first-order chi connectivity index (χ1) is 10.2. The van der Waals surface area contributed by atoms with Gasteiger partial charge in [-0.15, -0.1) is 0 Å². The number of nitrogens with zero attached hydrogens (tertiary/aromatic N) is 1. The monoisotopic (exact) mass is 285 g/mol. The van der Waals surface area contributed by atoms with E-state index in [-0.39, 0.29) is 11.9 Å². The first-order valence-corrected chi connectivity index (χ1v) is 7.23. The summed E-state index contributed by atoms with van der Waals surface area (Å²) in [7, 11) is 2.11. The topological polar surface area (TPSA) is 41.3 Å². The van der Waals surface area contributed by atoms with E-state index in [4.69, 9.17) is 5.73 Å². The molecule has 3 nitrogen and oxygen atoms in total. The average molecular weight is 285 g/mol. The van der Waals surface area contributed by atoms with Gasteiger partial charge in [0.1, 0.15) is 5.82 Å². The normalized spacial score (nSPS) is 14.9. The van der Waals surface area contributed by atoms with Gasteiger partial charge < -0.3 is 16.0 Å². The Morgan fingerprint density at radius 3 is 2.71 bits per heavy atom. The molecule has 21 heavy (non-hydrogen) atoms. The molecule has 0 amide bonds. The molecule has 1 aliphatic heterocycles. The van der Waals surface area contributed by atoms with E-state index in [1.165, 1.54) is 28.9 Å². The first kappa shape index (κ1) is 13.9. The summed E-state index contributed by atoms with van der Waals surface area (Å²) in [6.07, 6.45) is 1.08. The minimum Gasteiger partial charge on any atom is -0.377 e. The number of fused-ring (bicyclic) bond motifs is 1. The van der Waals surface area contributed by atoms with Crippen molar-refractivity contribution in [1.29, 1.82) is 0 Å². The highest BCUT2D eigenvalue weighted by Crippen LogP contribution is 2.30. The van der Waals surface area contributed by atoms with E-state index in [9.17, 15) is 4.39 Å². The molecule has 2 aromatic rings. The van der Waals surface area contributed by atoms with Crippen molar-refractivity contribution < 1.29 is 4.39 Å². The fourth-order valence-corrected chi connectivity index (χ4v) is 2.83. The maximum Gasteiger partial charge on any atom is 0.123 e. The fraction of sp³-hybridized carbons (Fsp3) is 0.294. The molecule has 0 radical (unpaired) electrons. The van der Waals surface area contributed by atoms with Crippen LogP contribution in [-0.2, 0) is 6.42 Å². The molecule has 3 rings (SSSR count). The number of nitrogens with two attached hydrogens (primary N) is 1. The molecule has 0 fully saturated rings. The SMILES string of the molecule is CN1CCc2cc(C(CN)Nc3ccc(F)cc3)ccc21. The molecule has 1 atom stereocenters. The lowest BCUT2D eigenvalue weighted by Gasteiger charge is -2.20. The van der Waals surface area contributed by atoms with E-state index < -0.39 is 0 Å². The quantitative estimate of drug-likeness (QED) is 0.907. The summed E-state index contributed by atoms with van der Waals surface area (Å²) in [5.74, 6) is -0.231. The van der Waals surface area contributed by atoms with Crippen molar-refractivity contribution in [2.24, 2.45) is 5.73 Å². The first-order valence-electron chi connectivity index (χ1n) is 7.23. The van der Waals surface area contributed by atoms with Crippen molar-refractivity contribution in [1.82, 2.24) is 0 Å². The highest BCUT2D eigenvalue weighted by atomic mass is 19.1. The second-order valence-corrected chi connectivity index (χ2v) is 5.50. The van der Waals surface area contributed by atoms with Gasteiger partial charge in [0.25, 0.3) is 0 Å². The molecule has 0 spiro atoms. The average Bonchev–Trinajstić information content (AvgIpc) is 2.87. The van der Waals surface area contributed by atoms with E-state index in [2.05, 4.69) is 35.5 Å². The van der Waals surface area contributed by atoms with Crippen LogP contribution in [0.25, 0.3) is 0 Å². The van der Waals surface area contributed by atoms with Crippen LogP contribution in [0, 0.1) is 5.82 Å². The van der Waals surface area contributed by atoms with Crippen LogP contribution in [0.2, 0.25) is 0 Å². The van der Waals surface area contributed by atoms with Crippen LogP contribution in [0.3, 0.4) is 0 Å². The molecule has 0 bridgehead atoms. The van der Waals surface area contributed by atoms with Gasteiger partial charge in [0.2, 0.25) is 0 Å². The van der Waals surface area contributed by atoms with Crippen molar-refractivity contribution in [3.63, 3.8) is 0 Å². The Balaban J connectivity index is 1.82. The lowest BCUT2D eigenvalue weighted by Crippen LogP contribution is -2.20. The van der Waals surface area contributed by atoms with Crippen LogP contribution in [0.4, 0.5) is 15.8 Å². The molecule has 3 N–H and O–H groups in total. The molecular formula is C17H20FN3. The van der Waals surface area contributed by atoms with Crippen molar-refractivity contribution in [2.45, 2.75) is 12.5 Å². The summed E-state index contributed by atoms with van der Waals surface area (Å²) < 4.78 is 13.0. The number of rotatable bonds is 4. The summed E-state index contributed by atoms with van der Waals surface area (Å²) in [6, 6.07) is 12.9. The van der Waals surface area contributed by atoms with Crippen LogP contribution < -0.4 is 16.0 Å². The third-order valence-corrected chi connectivity index (χ3v) is 4.05. The van der Waals surface area contributed by atoms with Crippen LogP contribution in [0.5, 0.6) is 0 Å². The van der Waals surface area contributed by atoms with Crippen molar-refractivity contribution >= 4 is 11.4 Å². The van der Waals surface area contributed by atoms with E-state index in [0.717, 1.165) is 18.7 Å². The Kier molecular flexibility index (Phi) is 3.80. The number of likely N-dealkylation sites (N-methyl/N-ethyl adjacent to an activating group) is 1.